The van der Waals surface area contributed by atoms with Gasteiger partial charge in [-0.3, -0.25) is 4.90 Å². The third-order valence-corrected chi connectivity index (χ3v) is 1.64. The van der Waals surface area contributed by atoms with Gasteiger partial charge in [-0.05, 0) is 20.4 Å². The lowest BCUT2D eigenvalue weighted by Gasteiger charge is -2.23. The predicted octanol–water partition coefficient (Wildman–Crippen LogP) is 0.601. The molecule has 11 heavy (non-hydrogen) atoms. The van der Waals surface area contributed by atoms with E-state index in [2.05, 4.69) is 6.07 Å². The van der Waals surface area contributed by atoms with Crippen molar-refractivity contribution >= 4 is 0 Å². The summed E-state index contributed by atoms with van der Waals surface area (Å²) in [5, 5.41) is 17.6. The van der Waals surface area contributed by atoms with Crippen molar-refractivity contribution in [2.75, 3.05) is 13.1 Å². The molecule has 0 aromatic heterocycles. The molecule has 2 unspecified atom stereocenters. The zero-order chi connectivity index (χ0) is 8.85. The molecule has 0 amide bonds. The summed E-state index contributed by atoms with van der Waals surface area (Å²) < 4.78 is 0. The van der Waals surface area contributed by atoms with Crippen LogP contribution in [0, 0.1) is 11.3 Å². The van der Waals surface area contributed by atoms with Crippen molar-refractivity contribution in [1.29, 1.82) is 5.26 Å². The number of likely N-dealkylation sites (N-methyl/N-ethyl adjacent to an activating group) is 1. The lowest BCUT2D eigenvalue weighted by molar-refractivity contribution is 0.120. The Labute approximate surface area is 68.2 Å². The molecule has 0 rings (SSSR count). The average Bonchev–Trinajstić information content (AvgIpc) is 1.98. The molecule has 0 saturated carbocycles. The van der Waals surface area contributed by atoms with Gasteiger partial charge in [0.25, 0.3) is 0 Å². The van der Waals surface area contributed by atoms with E-state index in [1.807, 2.05) is 18.7 Å². The number of nitrogens with zero attached hydrogens (tertiary/aromatic N) is 2. The number of aliphatic hydroxyl groups is 1. The van der Waals surface area contributed by atoms with Crippen molar-refractivity contribution in [3.05, 3.63) is 0 Å². The van der Waals surface area contributed by atoms with Crippen molar-refractivity contribution in [2.45, 2.75) is 32.9 Å². The Kier molecular flexibility index (Phi) is 4.84. The Bertz CT molecular complexity index is 140. The van der Waals surface area contributed by atoms with Gasteiger partial charge < -0.3 is 5.11 Å². The van der Waals surface area contributed by atoms with E-state index in [1.54, 1.807) is 6.92 Å². The Balaban J connectivity index is 3.87. The molecule has 2 atom stereocenters. The van der Waals surface area contributed by atoms with Crippen molar-refractivity contribution in [1.82, 2.24) is 4.90 Å². The standard InChI is InChI=1S/C8H16N2O/c1-4-10(6-8(3)11)7(2)5-9/h7-8,11H,4,6H2,1-3H3. The Hall–Kier alpha value is -0.590. The third kappa shape index (κ3) is 3.97. The van der Waals surface area contributed by atoms with Crippen LogP contribution in [-0.2, 0) is 0 Å². The van der Waals surface area contributed by atoms with Gasteiger partial charge in [-0.2, -0.15) is 5.26 Å². The molecule has 0 aliphatic heterocycles. The summed E-state index contributed by atoms with van der Waals surface area (Å²) in [6, 6.07) is 2.03. The second-order valence-electron chi connectivity index (χ2n) is 2.74. The van der Waals surface area contributed by atoms with Crippen LogP contribution in [-0.4, -0.2) is 35.2 Å². The van der Waals surface area contributed by atoms with E-state index in [0.717, 1.165) is 6.54 Å². The number of hydrogen-bond donors (Lipinski definition) is 1. The van der Waals surface area contributed by atoms with E-state index in [4.69, 9.17) is 10.4 Å². The second-order valence-corrected chi connectivity index (χ2v) is 2.74. The highest BCUT2D eigenvalue weighted by Gasteiger charge is 2.12. The molecule has 0 saturated heterocycles. The molecule has 3 nitrogen and oxygen atoms in total. The minimum atomic E-state index is -0.356. The maximum absolute atomic E-state index is 9.05. The van der Waals surface area contributed by atoms with Crippen molar-refractivity contribution in [2.24, 2.45) is 0 Å². The molecule has 0 aromatic rings. The fourth-order valence-corrected chi connectivity index (χ4v) is 0.982. The van der Waals surface area contributed by atoms with Crippen molar-refractivity contribution in [3.8, 4) is 6.07 Å². The molecule has 0 radical (unpaired) electrons. The molecule has 0 aliphatic carbocycles. The van der Waals surface area contributed by atoms with E-state index >= 15 is 0 Å². The summed E-state index contributed by atoms with van der Waals surface area (Å²) >= 11 is 0. The van der Waals surface area contributed by atoms with Gasteiger partial charge in [0.1, 0.15) is 0 Å². The van der Waals surface area contributed by atoms with Crippen LogP contribution in [0.4, 0.5) is 0 Å². The smallest absolute Gasteiger partial charge is 0.0950 e. The van der Waals surface area contributed by atoms with Gasteiger partial charge >= 0.3 is 0 Å². The molecule has 0 bridgehead atoms. The Morgan fingerprint density at radius 3 is 2.36 bits per heavy atom. The van der Waals surface area contributed by atoms with Crippen LogP contribution in [0.15, 0.2) is 0 Å². The van der Waals surface area contributed by atoms with Crippen molar-refractivity contribution < 1.29 is 5.11 Å². The van der Waals surface area contributed by atoms with Gasteiger partial charge in [0.2, 0.25) is 0 Å². The summed E-state index contributed by atoms with van der Waals surface area (Å²) in [7, 11) is 0. The summed E-state index contributed by atoms with van der Waals surface area (Å²) in [4.78, 5) is 1.94. The maximum Gasteiger partial charge on any atom is 0.0950 e. The SMILES string of the molecule is CCN(CC(C)O)C(C)C#N. The highest BCUT2D eigenvalue weighted by atomic mass is 16.3. The fraction of sp³-hybridized carbons (Fsp3) is 0.875. The summed E-state index contributed by atoms with van der Waals surface area (Å²) in [6.07, 6.45) is -0.356. The quantitative estimate of drug-likeness (QED) is 0.648. The van der Waals surface area contributed by atoms with Crippen LogP contribution in [0.5, 0.6) is 0 Å². The van der Waals surface area contributed by atoms with Gasteiger partial charge in [-0.15, -0.1) is 0 Å². The number of rotatable bonds is 4. The molecule has 3 heteroatoms. The van der Waals surface area contributed by atoms with E-state index in [1.165, 1.54) is 0 Å². The molecular formula is C8H16N2O. The van der Waals surface area contributed by atoms with E-state index in [9.17, 15) is 0 Å². The first-order valence-corrected chi connectivity index (χ1v) is 3.93. The highest BCUT2D eigenvalue weighted by molar-refractivity contribution is 4.87. The Morgan fingerprint density at radius 1 is 1.55 bits per heavy atom. The first-order chi connectivity index (χ1) is 5.11. The predicted molar refractivity (Wildman–Crippen MR) is 44.0 cm³/mol. The Morgan fingerprint density at radius 2 is 2.09 bits per heavy atom. The molecule has 0 fully saturated rings. The number of hydrogen-bond acceptors (Lipinski definition) is 3. The largest absolute Gasteiger partial charge is 0.392 e. The number of nitriles is 1. The van der Waals surface area contributed by atoms with Gasteiger partial charge in [0.15, 0.2) is 0 Å². The van der Waals surface area contributed by atoms with E-state index < -0.39 is 0 Å². The summed E-state index contributed by atoms with van der Waals surface area (Å²) in [5.41, 5.74) is 0. The van der Waals surface area contributed by atoms with Crippen LogP contribution >= 0.6 is 0 Å². The van der Waals surface area contributed by atoms with Gasteiger partial charge in [-0.1, -0.05) is 6.92 Å². The van der Waals surface area contributed by atoms with E-state index in [-0.39, 0.29) is 12.1 Å². The van der Waals surface area contributed by atoms with E-state index in [0.29, 0.717) is 6.54 Å². The van der Waals surface area contributed by atoms with Crippen LogP contribution in [0.3, 0.4) is 0 Å². The van der Waals surface area contributed by atoms with Gasteiger partial charge in [0, 0.05) is 6.54 Å². The maximum atomic E-state index is 9.05. The van der Waals surface area contributed by atoms with Crippen LogP contribution in [0.25, 0.3) is 0 Å². The zero-order valence-electron chi connectivity index (χ0n) is 7.41. The molecule has 64 valence electrons. The monoisotopic (exact) mass is 156 g/mol. The number of aliphatic hydroxyl groups excluding tert-OH is 1. The molecular weight excluding hydrogens is 140 g/mol. The molecule has 0 spiro atoms. The third-order valence-electron chi connectivity index (χ3n) is 1.64. The minimum absolute atomic E-state index is 0.102. The first kappa shape index (κ1) is 10.4. The highest BCUT2D eigenvalue weighted by Crippen LogP contribution is 1.98. The normalized spacial score (nSPS) is 16.0. The average molecular weight is 156 g/mol. The lowest BCUT2D eigenvalue weighted by Crippen LogP contribution is -2.37. The molecule has 0 heterocycles. The topological polar surface area (TPSA) is 47.3 Å². The molecule has 0 aliphatic rings. The van der Waals surface area contributed by atoms with Gasteiger partial charge in [0.05, 0.1) is 18.2 Å². The second kappa shape index (κ2) is 5.11. The van der Waals surface area contributed by atoms with Crippen molar-refractivity contribution in [3.63, 3.8) is 0 Å². The molecule has 1 N–H and O–H groups in total. The summed E-state index contributed by atoms with van der Waals surface area (Å²) in [5.74, 6) is 0. The van der Waals surface area contributed by atoms with Crippen LogP contribution in [0.2, 0.25) is 0 Å². The molecule has 0 aromatic carbocycles. The van der Waals surface area contributed by atoms with Gasteiger partial charge in [-0.25, -0.2) is 0 Å². The first-order valence-electron chi connectivity index (χ1n) is 3.93. The van der Waals surface area contributed by atoms with Crippen LogP contribution in [0.1, 0.15) is 20.8 Å². The zero-order valence-corrected chi connectivity index (χ0v) is 7.41. The fourth-order valence-electron chi connectivity index (χ4n) is 0.982. The van der Waals surface area contributed by atoms with Crippen LogP contribution < -0.4 is 0 Å². The summed E-state index contributed by atoms with van der Waals surface area (Å²) in [6.45, 7) is 6.93. The minimum Gasteiger partial charge on any atom is -0.392 e. The lowest BCUT2D eigenvalue weighted by atomic mass is 10.2.